The van der Waals surface area contributed by atoms with Crippen LogP contribution in [0.3, 0.4) is 0 Å². The van der Waals surface area contributed by atoms with E-state index < -0.39 is 6.09 Å². The van der Waals surface area contributed by atoms with Gasteiger partial charge in [0.1, 0.15) is 5.82 Å². The minimum Gasteiger partial charge on any atom is -0.453 e. The zero-order chi connectivity index (χ0) is 20.1. The largest absolute Gasteiger partial charge is 0.453 e. The van der Waals surface area contributed by atoms with Crippen molar-refractivity contribution < 1.29 is 19.0 Å². The third-order valence-corrected chi connectivity index (χ3v) is 3.62. The van der Waals surface area contributed by atoms with Gasteiger partial charge in [-0.2, -0.15) is 0 Å². The van der Waals surface area contributed by atoms with Gasteiger partial charge in [-0.3, -0.25) is 0 Å². The molecule has 5 N–H and O–H groups in total. The van der Waals surface area contributed by atoms with Gasteiger partial charge in [0.2, 0.25) is 0 Å². The van der Waals surface area contributed by atoms with Crippen molar-refractivity contribution in [3.05, 3.63) is 65.5 Å². The minimum absolute atomic E-state index is 0.0648. The zero-order valence-electron chi connectivity index (χ0n) is 15.7. The molecule has 3 rings (SSSR count). The van der Waals surface area contributed by atoms with Crippen molar-refractivity contribution in [2.24, 2.45) is 0 Å². The van der Waals surface area contributed by atoms with E-state index in [2.05, 4.69) is 15.4 Å². The van der Waals surface area contributed by atoms with Gasteiger partial charge in [0.25, 0.3) is 0 Å². The monoisotopic (exact) mass is 377 g/mol. The highest BCUT2D eigenvalue weighted by Gasteiger charge is 2.08. The molecule has 0 radical (unpaired) electrons. The van der Waals surface area contributed by atoms with Crippen molar-refractivity contribution in [1.29, 1.82) is 0 Å². The van der Waals surface area contributed by atoms with Gasteiger partial charge in [-0.1, -0.05) is 29.8 Å². The normalized spacial score (nSPS) is 14.9. The third kappa shape index (κ3) is 10.8. The van der Waals surface area contributed by atoms with E-state index in [9.17, 15) is 9.18 Å². The summed E-state index contributed by atoms with van der Waals surface area (Å²) in [6, 6.07) is 13.8. The second-order valence-electron chi connectivity index (χ2n) is 6.03. The van der Waals surface area contributed by atoms with Crippen LogP contribution < -0.4 is 16.4 Å². The number of aliphatic hydroxyl groups is 1. The number of nitrogen functional groups attached to an aromatic ring is 1. The molecule has 7 heteroatoms. The summed E-state index contributed by atoms with van der Waals surface area (Å²) in [5.41, 5.74) is 8.20. The van der Waals surface area contributed by atoms with E-state index in [-0.39, 0.29) is 18.5 Å². The first-order valence-electron chi connectivity index (χ1n) is 8.68. The van der Waals surface area contributed by atoms with Gasteiger partial charge in [0.15, 0.2) is 0 Å². The van der Waals surface area contributed by atoms with Crippen LogP contribution >= 0.6 is 0 Å². The van der Waals surface area contributed by atoms with Crippen LogP contribution in [0.5, 0.6) is 0 Å². The lowest BCUT2D eigenvalue weighted by Crippen LogP contribution is -2.22. The van der Waals surface area contributed by atoms with Crippen LogP contribution in [0, 0.1) is 12.7 Å². The summed E-state index contributed by atoms with van der Waals surface area (Å²) in [6.45, 7) is 4.09. The predicted octanol–water partition coefficient (Wildman–Crippen LogP) is 2.60. The van der Waals surface area contributed by atoms with E-state index in [0.29, 0.717) is 5.56 Å². The van der Waals surface area contributed by atoms with E-state index in [1.165, 1.54) is 24.8 Å². The molecule has 1 aliphatic rings. The van der Waals surface area contributed by atoms with Gasteiger partial charge < -0.3 is 26.2 Å². The number of carbonyl (C=O) groups excluding carboxylic acids is 1. The number of aliphatic hydroxyl groups excluding tert-OH is 1. The number of rotatable bonds is 2. The maximum Gasteiger partial charge on any atom is 0.407 e. The van der Waals surface area contributed by atoms with Crippen molar-refractivity contribution in [2.45, 2.75) is 26.0 Å². The summed E-state index contributed by atoms with van der Waals surface area (Å²) < 4.78 is 17.0. The standard InChI is InChI=1S/C9H10FNO2.C7H9N.C4H9NO/c1-13-9(12)11-6-7-3-2-4-8(10)5-7;1-6-2-4-7(8)5-3-6;6-4-1-2-5-3-4/h2-5H,6H2,1H3,(H,11,12);2-5H,8H2,1H3;4-6H,1-3H2. The van der Waals surface area contributed by atoms with Gasteiger partial charge in [-0.15, -0.1) is 0 Å². The highest BCUT2D eigenvalue weighted by molar-refractivity contribution is 5.66. The number of aryl methyl sites for hydroxylation is 1. The van der Waals surface area contributed by atoms with Crippen molar-refractivity contribution in [3.8, 4) is 0 Å². The maximum atomic E-state index is 12.6. The summed E-state index contributed by atoms with van der Waals surface area (Å²) in [4.78, 5) is 10.6. The lowest BCUT2D eigenvalue weighted by atomic mass is 10.2. The first kappa shape index (κ1) is 22.4. The zero-order valence-corrected chi connectivity index (χ0v) is 15.7. The molecule has 0 bridgehead atoms. The number of ether oxygens (including phenoxy) is 1. The molecule has 0 aliphatic carbocycles. The summed E-state index contributed by atoms with van der Waals surface area (Å²) in [6.07, 6.45) is 0.342. The Kier molecular flexibility index (Phi) is 10.5. The number of methoxy groups -OCH3 is 1. The highest BCUT2D eigenvalue weighted by atomic mass is 19.1. The number of halogens is 1. The molecular weight excluding hydrogens is 349 g/mol. The van der Waals surface area contributed by atoms with E-state index in [4.69, 9.17) is 10.8 Å². The molecule has 0 saturated carbocycles. The average Bonchev–Trinajstić information content (AvgIpc) is 3.14. The van der Waals surface area contributed by atoms with E-state index in [0.717, 1.165) is 25.2 Å². The Bertz CT molecular complexity index is 653. The molecule has 1 amide bonds. The molecule has 2 aromatic rings. The molecule has 6 nitrogen and oxygen atoms in total. The molecule has 27 heavy (non-hydrogen) atoms. The molecule has 0 spiro atoms. The number of carbonyl (C=O) groups is 1. The quantitative estimate of drug-likeness (QED) is 0.603. The molecule has 1 saturated heterocycles. The second kappa shape index (κ2) is 12.7. The number of β-amino-alcohol motifs (C(OH)–C–C–N with tert-alkyl or cyclic N) is 1. The summed E-state index contributed by atoms with van der Waals surface area (Å²) >= 11 is 0. The number of hydrogen-bond acceptors (Lipinski definition) is 5. The fourth-order valence-electron chi connectivity index (χ4n) is 2.10. The Morgan fingerprint density at radius 1 is 1.33 bits per heavy atom. The van der Waals surface area contributed by atoms with Crippen molar-refractivity contribution in [3.63, 3.8) is 0 Å². The average molecular weight is 377 g/mol. The first-order valence-corrected chi connectivity index (χ1v) is 8.68. The fraction of sp³-hybridized carbons (Fsp3) is 0.350. The SMILES string of the molecule is COC(=O)NCc1cccc(F)c1.Cc1ccc(N)cc1.OC1CCNC1. The Labute approximate surface area is 159 Å². The van der Waals surface area contributed by atoms with Gasteiger partial charge in [-0.05, 0) is 49.7 Å². The number of hydrogen-bond donors (Lipinski definition) is 4. The first-order chi connectivity index (χ1) is 12.9. The Hall–Kier alpha value is -2.64. The van der Waals surface area contributed by atoms with Crippen LogP contribution in [0.25, 0.3) is 0 Å². The summed E-state index contributed by atoms with van der Waals surface area (Å²) in [5.74, 6) is -0.316. The molecule has 1 atom stereocenters. The Morgan fingerprint density at radius 2 is 2.04 bits per heavy atom. The Morgan fingerprint density at radius 3 is 2.48 bits per heavy atom. The molecule has 0 aromatic heterocycles. The number of benzene rings is 2. The number of nitrogens with two attached hydrogens (primary N) is 1. The fourth-order valence-corrected chi connectivity index (χ4v) is 2.10. The van der Waals surface area contributed by atoms with Crippen LogP contribution in [-0.2, 0) is 11.3 Å². The topological polar surface area (TPSA) is 96.6 Å². The van der Waals surface area contributed by atoms with Crippen LogP contribution in [0.4, 0.5) is 14.9 Å². The lowest BCUT2D eigenvalue weighted by molar-refractivity contribution is 0.170. The number of amides is 1. The van der Waals surface area contributed by atoms with Crippen molar-refractivity contribution in [2.75, 3.05) is 25.9 Å². The highest BCUT2D eigenvalue weighted by Crippen LogP contribution is 2.03. The van der Waals surface area contributed by atoms with Gasteiger partial charge >= 0.3 is 6.09 Å². The minimum atomic E-state index is -0.524. The number of nitrogens with one attached hydrogen (secondary N) is 2. The number of alkyl carbamates (subject to hydrolysis) is 1. The Balaban J connectivity index is 0.000000221. The van der Waals surface area contributed by atoms with Gasteiger partial charge in [0, 0.05) is 18.8 Å². The molecule has 2 aromatic carbocycles. The molecule has 1 aliphatic heterocycles. The van der Waals surface area contributed by atoms with Crippen LogP contribution in [-0.4, -0.2) is 37.5 Å². The molecule has 1 unspecified atom stereocenters. The van der Waals surface area contributed by atoms with E-state index in [1.54, 1.807) is 12.1 Å². The van der Waals surface area contributed by atoms with Gasteiger partial charge in [0.05, 0.1) is 13.2 Å². The maximum absolute atomic E-state index is 12.6. The summed E-state index contributed by atoms with van der Waals surface area (Å²) in [7, 11) is 1.28. The van der Waals surface area contributed by atoms with E-state index >= 15 is 0 Å². The van der Waals surface area contributed by atoms with Crippen molar-refractivity contribution in [1.82, 2.24) is 10.6 Å². The van der Waals surface area contributed by atoms with Crippen molar-refractivity contribution >= 4 is 11.8 Å². The lowest BCUT2D eigenvalue weighted by Gasteiger charge is -2.02. The van der Waals surface area contributed by atoms with Crippen LogP contribution in [0.1, 0.15) is 17.5 Å². The number of anilines is 1. The second-order valence-corrected chi connectivity index (χ2v) is 6.03. The van der Waals surface area contributed by atoms with Crippen LogP contribution in [0.15, 0.2) is 48.5 Å². The van der Waals surface area contributed by atoms with E-state index in [1.807, 2.05) is 31.2 Å². The van der Waals surface area contributed by atoms with Crippen LogP contribution in [0.2, 0.25) is 0 Å². The molecule has 148 valence electrons. The predicted molar refractivity (Wildman–Crippen MR) is 105 cm³/mol. The smallest absolute Gasteiger partial charge is 0.407 e. The molecular formula is C20H28FN3O3. The summed E-state index contributed by atoms with van der Waals surface area (Å²) in [5, 5.41) is 14.1. The van der Waals surface area contributed by atoms with Gasteiger partial charge in [-0.25, -0.2) is 9.18 Å². The third-order valence-electron chi connectivity index (χ3n) is 3.62. The molecule has 1 heterocycles. The molecule has 1 fully saturated rings.